The van der Waals surface area contributed by atoms with E-state index in [9.17, 15) is 12.8 Å². The van der Waals surface area contributed by atoms with Crippen LogP contribution in [0, 0.1) is 19.7 Å². The second-order valence-electron chi connectivity index (χ2n) is 4.13. The number of nitrogens with zero attached hydrogens (tertiary/aromatic N) is 2. The fourth-order valence-corrected chi connectivity index (χ4v) is 2.72. The summed E-state index contributed by atoms with van der Waals surface area (Å²) in [5, 5.41) is 0. The minimum absolute atomic E-state index is 0.0931. The number of nitrogens with one attached hydrogen (secondary N) is 2. The van der Waals surface area contributed by atoms with Crippen molar-refractivity contribution in [1.29, 1.82) is 0 Å². The number of hydrogen-bond donors (Lipinski definition) is 2. The third-order valence-electron chi connectivity index (χ3n) is 2.79. The Kier molecular flexibility index (Phi) is 2.03. The molecule has 0 aliphatic carbocycles. The molecule has 0 saturated carbocycles. The van der Waals surface area contributed by atoms with Crippen LogP contribution in [0.1, 0.15) is 11.1 Å². The lowest BCUT2D eigenvalue weighted by molar-refractivity contribution is 0.607. The molecule has 0 bridgehead atoms. The molecule has 0 fully saturated rings. The van der Waals surface area contributed by atoms with E-state index in [4.69, 9.17) is 0 Å². The number of aryl methyl sites for hydroxylation is 2. The van der Waals surface area contributed by atoms with E-state index in [1.54, 1.807) is 13.8 Å². The number of aromatic nitrogens is 2. The minimum Gasteiger partial charge on any atom is -0.247 e. The predicted octanol–water partition coefficient (Wildman–Crippen LogP) is 1.47. The van der Waals surface area contributed by atoms with Crippen LogP contribution < -0.4 is 9.44 Å². The van der Waals surface area contributed by atoms with Gasteiger partial charge in [-0.05, 0) is 25.5 Å². The fraction of sp³-hybridized carbons (Fsp3) is 0.200. The molecule has 0 radical (unpaired) electrons. The quantitative estimate of drug-likeness (QED) is 0.757. The van der Waals surface area contributed by atoms with Crippen LogP contribution in [0.4, 0.5) is 16.0 Å². The number of fused-ring (bicyclic) bond motifs is 2. The highest BCUT2D eigenvalue weighted by molar-refractivity contribution is 7.94. The van der Waals surface area contributed by atoms with E-state index in [0.717, 1.165) is 0 Å². The molecule has 18 heavy (non-hydrogen) atoms. The van der Waals surface area contributed by atoms with Crippen LogP contribution in [0.2, 0.25) is 0 Å². The highest BCUT2D eigenvalue weighted by Crippen LogP contribution is 2.31. The van der Waals surface area contributed by atoms with Crippen LogP contribution in [0.3, 0.4) is 0 Å². The van der Waals surface area contributed by atoms with Crippen molar-refractivity contribution in [1.82, 2.24) is 9.97 Å². The van der Waals surface area contributed by atoms with Crippen molar-refractivity contribution in [2.24, 2.45) is 0 Å². The largest absolute Gasteiger partial charge is 0.324 e. The highest BCUT2D eigenvalue weighted by atomic mass is 32.2. The molecule has 1 aliphatic heterocycles. The van der Waals surface area contributed by atoms with Gasteiger partial charge in [-0.1, -0.05) is 0 Å². The lowest BCUT2D eigenvalue weighted by Crippen LogP contribution is -2.13. The smallest absolute Gasteiger partial charge is 0.247 e. The van der Waals surface area contributed by atoms with Crippen LogP contribution in [0.25, 0.3) is 11.0 Å². The number of hydrogen-bond acceptors (Lipinski definition) is 4. The van der Waals surface area contributed by atoms with Crippen molar-refractivity contribution in [2.45, 2.75) is 13.8 Å². The summed E-state index contributed by atoms with van der Waals surface area (Å²) >= 11 is 0. The summed E-state index contributed by atoms with van der Waals surface area (Å²) < 4.78 is 40.7. The Morgan fingerprint density at radius 1 is 1.11 bits per heavy atom. The number of rotatable bonds is 0. The van der Waals surface area contributed by atoms with Crippen molar-refractivity contribution < 1.29 is 12.8 Å². The molecule has 0 atom stereocenters. The minimum atomic E-state index is -3.64. The molecule has 1 aromatic heterocycles. The van der Waals surface area contributed by atoms with Crippen molar-refractivity contribution in [3.8, 4) is 0 Å². The van der Waals surface area contributed by atoms with Gasteiger partial charge in [-0.3, -0.25) is 0 Å². The van der Waals surface area contributed by atoms with Gasteiger partial charge in [0.25, 0.3) is 0 Å². The molecule has 1 aliphatic rings. The molecular formula is C10H9FN4O2S. The second kappa shape index (κ2) is 3.29. The summed E-state index contributed by atoms with van der Waals surface area (Å²) in [5.74, 6) is -0.157. The molecular weight excluding hydrogens is 259 g/mol. The average molecular weight is 268 g/mol. The summed E-state index contributed by atoms with van der Waals surface area (Å²) in [6, 6.07) is 1.36. The first kappa shape index (κ1) is 11.1. The Balaban J connectivity index is 2.39. The van der Waals surface area contributed by atoms with E-state index < -0.39 is 10.2 Å². The molecule has 0 amide bonds. The molecule has 2 heterocycles. The Labute approximate surface area is 102 Å². The summed E-state index contributed by atoms with van der Waals surface area (Å²) in [7, 11) is -3.64. The molecule has 0 unspecified atom stereocenters. The summed E-state index contributed by atoms with van der Waals surface area (Å²) in [6.07, 6.45) is 0. The van der Waals surface area contributed by atoms with Crippen LogP contribution >= 0.6 is 0 Å². The van der Waals surface area contributed by atoms with E-state index in [0.29, 0.717) is 22.2 Å². The van der Waals surface area contributed by atoms with Gasteiger partial charge in [0.05, 0.1) is 11.0 Å². The van der Waals surface area contributed by atoms with E-state index in [-0.39, 0.29) is 17.5 Å². The Bertz CT molecular complexity index is 788. The standard InChI is InChI=1S/C10H9FN4O2S/c1-4-3-6(11)5(2)8-7(4)12-9-10(13-8)15-18(16,17)14-9/h3H,1-2H3,(H,12,14)(H,13,15). The second-order valence-corrected chi connectivity index (χ2v) is 5.54. The maximum Gasteiger partial charge on any atom is 0.324 e. The first-order valence-corrected chi connectivity index (χ1v) is 6.64. The summed E-state index contributed by atoms with van der Waals surface area (Å²) in [4.78, 5) is 8.29. The normalized spacial score (nSPS) is 16.2. The monoisotopic (exact) mass is 268 g/mol. The van der Waals surface area contributed by atoms with Gasteiger partial charge in [0, 0.05) is 5.56 Å². The van der Waals surface area contributed by atoms with Gasteiger partial charge in [0.2, 0.25) is 0 Å². The van der Waals surface area contributed by atoms with Gasteiger partial charge in [0.1, 0.15) is 5.82 Å². The average Bonchev–Trinajstić information content (AvgIpc) is 2.57. The first-order valence-electron chi connectivity index (χ1n) is 5.15. The topological polar surface area (TPSA) is 84.0 Å². The Hall–Kier alpha value is -1.96. The van der Waals surface area contributed by atoms with Gasteiger partial charge in [-0.2, -0.15) is 8.42 Å². The highest BCUT2D eigenvalue weighted by Gasteiger charge is 2.26. The third-order valence-corrected chi connectivity index (χ3v) is 3.71. The van der Waals surface area contributed by atoms with Crippen molar-refractivity contribution in [2.75, 3.05) is 9.44 Å². The molecule has 6 nitrogen and oxygen atoms in total. The Morgan fingerprint density at radius 3 is 2.28 bits per heavy atom. The first-order chi connectivity index (χ1) is 8.37. The van der Waals surface area contributed by atoms with Crippen LogP contribution in [0.5, 0.6) is 0 Å². The molecule has 2 N–H and O–H groups in total. The summed E-state index contributed by atoms with van der Waals surface area (Å²) in [5.41, 5.74) is 1.79. The van der Waals surface area contributed by atoms with Crippen molar-refractivity contribution in [3.05, 3.63) is 23.0 Å². The lowest BCUT2D eigenvalue weighted by Gasteiger charge is -2.06. The van der Waals surface area contributed by atoms with E-state index >= 15 is 0 Å². The zero-order valence-electron chi connectivity index (χ0n) is 9.57. The SMILES string of the molecule is Cc1cc(F)c(C)c2nc3c(nc12)NS(=O)(=O)N3. The molecule has 0 saturated heterocycles. The third kappa shape index (κ3) is 1.49. The maximum atomic E-state index is 13.6. The molecule has 0 spiro atoms. The van der Waals surface area contributed by atoms with Gasteiger partial charge >= 0.3 is 10.2 Å². The van der Waals surface area contributed by atoms with Crippen LogP contribution in [-0.4, -0.2) is 18.4 Å². The maximum absolute atomic E-state index is 13.6. The zero-order valence-corrected chi connectivity index (χ0v) is 10.4. The van der Waals surface area contributed by atoms with Gasteiger partial charge < -0.3 is 0 Å². The zero-order chi connectivity index (χ0) is 13.1. The van der Waals surface area contributed by atoms with Crippen LogP contribution in [0.15, 0.2) is 6.07 Å². The molecule has 2 aromatic rings. The molecule has 1 aromatic carbocycles. The van der Waals surface area contributed by atoms with Crippen molar-refractivity contribution >= 4 is 32.9 Å². The molecule has 3 rings (SSSR count). The number of anilines is 2. The fourth-order valence-electron chi connectivity index (χ4n) is 1.87. The van der Waals surface area contributed by atoms with E-state index in [1.807, 2.05) is 0 Å². The van der Waals surface area contributed by atoms with Gasteiger partial charge in [0.15, 0.2) is 11.6 Å². The predicted molar refractivity (Wildman–Crippen MR) is 65.1 cm³/mol. The molecule has 94 valence electrons. The van der Waals surface area contributed by atoms with E-state index in [2.05, 4.69) is 19.4 Å². The van der Waals surface area contributed by atoms with E-state index in [1.165, 1.54) is 6.07 Å². The number of benzene rings is 1. The van der Waals surface area contributed by atoms with Gasteiger partial charge in [-0.25, -0.2) is 23.8 Å². The van der Waals surface area contributed by atoms with Gasteiger partial charge in [-0.15, -0.1) is 0 Å². The lowest BCUT2D eigenvalue weighted by atomic mass is 10.1. The molecule has 8 heteroatoms. The summed E-state index contributed by atoms with van der Waals surface area (Å²) in [6.45, 7) is 3.28. The van der Waals surface area contributed by atoms with Crippen molar-refractivity contribution in [3.63, 3.8) is 0 Å². The Morgan fingerprint density at radius 2 is 1.67 bits per heavy atom. The van der Waals surface area contributed by atoms with Crippen LogP contribution in [-0.2, 0) is 10.2 Å². The number of halogens is 1.